The summed E-state index contributed by atoms with van der Waals surface area (Å²) < 4.78 is 0. The summed E-state index contributed by atoms with van der Waals surface area (Å²) in [5.74, 6) is 0. The van der Waals surface area contributed by atoms with Gasteiger partial charge in [-0.1, -0.05) is 115 Å². The number of para-hydroxylation sites is 1. The highest BCUT2D eigenvalue weighted by Gasteiger charge is 2.17. The van der Waals surface area contributed by atoms with Gasteiger partial charge in [0.15, 0.2) is 0 Å². The summed E-state index contributed by atoms with van der Waals surface area (Å²) >= 11 is 0. The van der Waals surface area contributed by atoms with E-state index in [2.05, 4.69) is 132 Å². The van der Waals surface area contributed by atoms with Gasteiger partial charge in [0.05, 0.1) is 28.3 Å². The Morgan fingerprint density at radius 2 is 1.04 bits per heavy atom. The van der Waals surface area contributed by atoms with E-state index in [1.165, 1.54) is 37.9 Å². The van der Waals surface area contributed by atoms with Gasteiger partial charge in [-0.15, -0.1) is 0 Å². The van der Waals surface area contributed by atoms with E-state index in [4.69, 9.17) is 9.97 Å². The maximum atomic E-state index is 5.30. The summed E-state index contributed by atoms with van der Waals surface area (Å²) in [5.41, 5.74) is 9.17. The minimum absolute atomic E-state index is 0.864. The number of hydrogen-bond acceptors (Lipinski definition) is 3. The van der Waals surface area contributed by atoms with Crippen LogP contribution < -0.4 is 0 Å². The van der Waals surface area contributed by atoms with Crippen molar-refractivity contribution in [3.63, 3.8) is 0 Å². The van der Waals surface area contributed by atoms with E-state index in [-0.39, 0.29) is 0 Å². The molecule has 0 fully saturated rings. The Labute approximate surface area is 266 Å². The Morgan fingerprint density at radius 3 is 1.89 bits per heavy atom. The second-order valence-electron chi connectivity index (χ2n) is 11.6. The third-order valence-electron chi connectivity index (χ3n) is 8.90. The van der Waals surface area contributed by atoms with E-state index in [0.717, 1.165) is 50.4 Å². The van der Waals surface area contributed by atoms with E-state index in [0.29, 0.717) is 0 Å². The molecule has 3 aromatic heterocycles. The van der Waals surface area contributed by atoms with Crippen LogP contribution in [0.2, 0.25) is 0 Å². The number of rotatable bonds is 4. The second-order valence-corrected chi connectivity index (χ2v) is 11.6. The molecule has 0 aliphatic heterocycles. The molecule has 0 bridgehead atoms. The first-order valence-electron chi connectivity index (χ1n) is 15.5. The van der Waals surface area contributed by atoms with Crippen LogP contribution in [0.5, 0.6) is 0 Å². The van der Waals surface area contributed by atoms with Crippen molar-refractivity contribution in [1.29, 1.82) is 0 Å². The summed E-state index contributed by atoms with van der Waals surface area (Å²) in [5, 5.41) is 8.43. The van der Waals surface area contributed by atoms with Gasteiger partial charge in [0.25, 0.3) is 0 Å². The first-order chi connectivity index (χ1) is 22.8. The van der Waals surface area contributed by atoms with Gasteiger partial charge >= 0.3 is 0 Å². The van der Waals surface area contributed by atoms with Crippen LogP contribution in [0.25, 0.3) is 88.2 Å². The van der Waals surface area contributed by atoms with Crippen molar-refractivity contribution in [2.24, 2.45) is 0 Å². The number of fused-ring (bicyclic) bond motifs is 6. The van der Waals surface area contributed by atoms with E-state index >= 15 is 0 Å². The number of hydrogen-bond donors (Lipinski definition) is 0. The summed E-state index contributed by atoms with van der Waals surface area (Å²) in [6.45, 7) is 0. The van der Waals surface area contributed by atoms with Crippen LogP contribution in [-0.2, 0) is 0 Å². The number of aromatic nitrogens is 3. The van der Waals surface area contributed by atoms with Crippen molar-refractivity contribution in [2.75, 3.05) is 0 Å². The topological polar surface area (TPSA) is 38.7 Å². The van der Waals surface area contributed by atoms with Gasteiger partial charge < -0.3 is 0 Å². The molecule has 0 unspecified atom stereocenters. The van der Waals surface area contributed by atoms with Gasteiger partial charge in [0.1, 0.15) is 0 Å². The molecule has 0 saturated carbocycles. The van der Waals surface area contributed by atoms with Gasteiger partial charge in [-0.2, -0.15) is 0 Å². The number of pyridine rings is 3. The maximum absolute atomic E-state index is 5.30. The molecule has 0 amide bonds. The summed E-state index contributed by atoms with van der Waals surface area (Å²) in [4.78, 5) is 14.7. The van der Waals surface area contributed by atoms with Gasteiger partial charge in [0.2, 0.25) is 0 Å². The summed E-state index contributed by atoms with van der Waals surface area (Å²) in [7, 11) is 0. The molecule has 0 aliphatic rings. The Morgan fingerprint density at radius 1 is 0.370 bits per heavy atom. The van der Waals surface area contributed by atoms with Crippen LogP contribution in [-0.4, -0.2) is 15.0 Å². The Hall–Kier alpha value is -6.19. The lowest BCUT2D eigenvalue weighted by atomic mass is 9.89. The largest absolute Gasteiger partial charge is 0.255 e. The summed E-state index contributed by atoms with van der Waals surface area (Å²) in [6, 6.07) is 55.5. The van der Waals surface area contributed by atoms with Crippen LogP contribution in [0.1, 0.15) is 0 Å². The molecule has 0 spiro atoms. The lowest BCUT2D eigenvalue weighted by Crippen LogP contribution is -1.93. The smallest absolute Gasteiger partial charge is 0.0893 e. The molecular formula is C43H27N3. The quantitative estimate of drug-likeness (QED) is 0.193. The number of nitrogens with zero attached hydrogens (tertiary/aromatic N) is 3. The molecular weight excluding hydrogens is 558 g/mol. The molecule has 0 aliphatic carbocycles. The fourth-order valence-electron chi connectivity index (χ4n) is 6.68. The molecule has 3 heterocycles. The fraction of sp³-hybridized carbons (Fsp3) is 0. The highest BCUT2D eigenvalue weighted by molar-refractivity contribution is 6.25. The highest BCUT2D eigenvalue weighted by atomic mass is 14.8. The predicted molar refractivity (Wildman–Crippen MR) is 192 cm³/mol. The fourth-order valence-corrected chi connectivity index (χ4v) is 6.68. The minimum atomic E-state index is 0.864. The van der Waals surface area contributed by atoms with E-state index in [1.807, 2.05) is 30.3 Å². The molecule has 0 saturated heterocycles. The van der Waals surface area contributed by atoms with Crippen LogP contribution in [0.4, 0.5) is 0 Å². The van der Waals surface area contributed by atoms with Crippen molar-refractivity contribution in [3.8, 4) is 45.0 Å². The minimum Gasteiger partial charge on any atom is -0.255 e. The second kappa shape index (κ2) is 10.8. The first-order valence-corrected chi connectivity index (χ1v) is 15.5. The summed E-state index contributed by atoms with van der Waals surface area (Å²) in [6.07, 6.45) is 1.80. The van der Waals surface area contributed by atoms with Gasteiger partial charge in [0, 0.05) is 33.5 Å². The zero-order chi connectivity index (χ0) is 30.5. The SMILES string of the molecule is c1ccc(-c2cccc(-c3ccc(-c4cc5c(-c6ccc7ccccc7c6)nc6ccccc6c5c5ccccc45)cc3)n2)nc1. The zero-order valence-electron chi connectivity index (χ0n) is 24.9. The van der Waals surface area contributed by atoms with Gasteiger partial charge in [-0.05, 0) is 75.1 Å². The van der Waals surface area contributed by atoms with Crippen molar-refractivity contribution in [2.45, 2.75) is 0 Å². The molecule has 3 nitrogen and oxygen atoms in total. The molecule has 0 N–H and O–H groups in total. The molecule has 46 heavy (non-hydrogen) atoms. The standard InChI is InChI=1S/C43H27N3/c1-2-11-31-26-32(24-19-28(31)10-1)43-37-27-36(33-12-3-4-13-34(33)42(37)35-14-5-6-15-39(35)46-43)29-20-22-30(23-21-29)38-17-9-18-41(45-38)40-16-7-8-25-44-40/h1-27H. The molecule has 214 valence electrons. The average Bonchev–Trinajstić information content (AvgIpc) is 3.14. The normalized spacial score (nSPS) is 11.5. The van der Waals surface area contributed by atoms with Crippen LogP contribution >= 0.6 is 0 Å². The molecule has 6 aromatic carbocycles. The van der Waals surface area contributed by atoms with Crippen molar-refractivity contribution in [3.05, 3.63) is 164 Å². The highest BCUT2D eigenvalue weighted by Crippen LogP contribution is 2.42. The average molecular weight is 586 g/mol. The van der Waals surface area contributed by atoms with Crippen molar-refractivity contribution >= 4 is 43.2 Å². The van der Waals surface area contributed by atoms with Crippen molar-refractivity contribution < 1.29 is 0 Å². The van der Waals surface area contributed by atoms with E-state index < -0.39 is 0 Å². The molecule has 3 heteroatoms. The van der Waals surface area contributed by atoms with Crippen LogP contribution in [0, 0.1) is 0 Å². The van der Waals surface area contributed by atoms with Gasteiger partial charge in [-0.3, -0.25) is 4.98 Å². The molecule has 9 aromatic rings. The third kappa shape index (κ3) is 4.41. The maximum Gasteiger partial charge on any atom is 0.0893 e. The Kier molecular flexibility index (Phi) is 6.14. The predicted octanol–water partition coefficient (Wildman–Crippen LogP) is 11.2. The number of benzene rings is 6. The zero-order valence-corrected chi connectivity index (χ0v) is 24.9. The lowest BCUT2D eigenvalue weighted by molar-refractivity contribution is 1.25. The monoisotopic (exact) mass is 585 g/mol. The Bertz CT molecular complexity index is 2570. The van der Waals surface area contributed by atoms with E-state index in [9.17, 15) is 0 Å². The third-order valence-corrected chi connectivity index (χ3v) is 8.90. The molecule has 0 atom stereocenters. The van der Waals surface area contributed by atoms with Crippen LogP contribution in [0.3, 0.4) is 0 Å². The van der Waals surface area contributed by atoms with Crippen molar-refractivity contribution in [1.82, 2.24) is 15.0 Å². The Balaban J connectivity index is 1.25. The van der Waals surface area contributed by atoms with Gasteiger partial charge in [-0.25, -0.2) is 9.97 Å². The molecule has 9 rings (SSSR count). The lowest BCUT2D eigenvalue weighted by Gasteiger charge is -2.16. The van der Waals surface area contributed by atoms with E-state index in [1.54, 1.807) is 6.20 Å². The van der Waals surface area contributed by atoms with Crippen LogP contribution in [0.15, 0.2) is 164 Å². The first kappa shape index (κ1) is 26.2. The molecule has 0 radical (unpaired) electrons.